The molecule has 3 N–H and O–H groups in total. The van der Waals surface area contributed by atoms with Crippen LogP contribution in [0.5, 0.6) is 0 Å². The molecule has 68 valence electrons. The summed E-state index contributed by atoms with van der Waals surface area (Å²) in [6.45, 7) is 1.28. The number of piperidine rings is 1. The average molecular weight is 169 g/mol. The zero-order valence-corrected chi connectivity index (χ0v) is 7.10. The Morgan fingerprint density at radius 2 is 2.50 bits per heavy atom. The molecule has 1 amide bonds. The normalized spacial score (nSPS) is 23.2. The standard InChI is InChI=1S/C8H15N3O/c9-4-6-11-8(12)7-3-1-2-5-10-7/h4,7,9-10H,1-3,5-6H2,(H,11,12)/t7-/m0/s1. The van der Waals surface area contributed by atoms with E-state index in [0.29, 0.717) is 6.54 Å². The summed E-state index contributed by atoms with van der Waals surface area (Å²) < 4.78 is 0. The lowest BCUT2D eigenvalue weighted by atomic mass is 10.0. The molecule has 1 heterocycles. The minimum Gasteiger partial charge on any atom is -0.350 e. The second-order valence-electron chi connectivity index (χ2n) is 2.95. The van der Waals surface area contributed by atoms with Crippen molar-refractivity contribution < 1.29 is 4.79 Å². The van der Waals surface area contributed by atoms with E-state index in [0.717, 1.165) is 25.8 Å². The maximum Gasteiger partial charge on any atom is 0.237 e. The Kier molecular flexibility index (Phi) is 3.73. The van der Waals surface area contributed by atoms with E-state index in [4.69, 9.17) is 5.41 Å². The topological polar surface area (TPSA) is 65.0 Å². The van der Waals surface area contributed by atoms with Gasteiger partial charge in [-0.2, -0.15) is 0 Å². The Morgan fingerprint density at radius 3 is 3.08 bits per heavy atom. The van der Waals surface area contributed by atoms with Gasteiger partial charge < -0.3 is 16.0 Å². The van der Waals surface area contributed by atoms with Crippen LogP contribution in [0.3, 0.4) is 0 Å². The van der Waals surface area contributed by atoms with Crippen molar-refractivity contribution in [3.05, 3.63) is 0 Å². The molecule has 0 unspecified atom stereocenters. The molecule has 12 heavy (non-hydrogen) atoms. The van der Waals surface area contributed by atoms with Crippen molar-refractivity contribution in [3.63, 3.8) is 0 Å². The number of carbonyl (C=O) groups is 1. The SMILES string of the molecule is N=CCNC(=O)[C@@H]1CCCCN1. The van der Waals surface area contributed by atoms with Gasteiger partial charge in [-0.1, -0.05) is 6.42 Å². The maximum absolute atomic E-state index is 11.3. The van der Waals surface area contributed by atoms with Gasteiger partial charge in [0.1, 0.15) is 0 Å². The molecule has 0 saturated carbocycles. The fourth-order valence-corrected chi connectivity index (χ4v) is 1.35. The van der Waals surface area contributed by atoms with E-state index < -0.39 is 0 Å². The van der Waals surface area contributed by atoms with Crippen LogP contribution in [0.2, 0.25) is 0 Å². The summed E-state index contributed by atoms with van der Waals surface area (Å²) in [6.07, 6.45) is 4.40. The molecule has 1 aliphatic rings. The summed E-state index contributed by atoms with van der Waals surface area (Å²) in [6, 6.07) is -0.0290. The van der Waals surface area contributed by atoms with Crippen molar-refractivity contribution in [1.82, 2.24) is 10.6 Å². The van der Waals surface area contributed by atoms with E-state index >= 15 is 0 Å². The Bertz CT molecular complexity index is 164. The van der Waals surface area contributed by atoms with Gasteiger partial charge in [-0.15, -0.1) is 0 Å². The van der Waals surface area contributed by atoms with Gasteiger partial charge in [0.05, 0.1) is 12.6 Å². The molecule has 0 radical (unpaired) electrons. The molecule has 4 nitrogen and oxygen atoms in total. The van der Waals surface area contributed by atoms with Crippen molar-refractivity contribution in [3.8, 4) is 0 Å². The predicted octanol–water partition coefficient (Wildman–Crippen LogP) is -0.106. The first-order chi connectivity index (χ1) is 5.84. The molecule has 0 aromatic rings. The smallest absolute Gasteiger partial charge is 0.237 e. The Balaban J connectivity index is 2.24. The van der Waals surface area contributed by atoms with Crippen LogP contribution in [0.15, 0.2) is 0 Å². The summed E-state index contributed by atoms with van der Waals surface area (Å²) >= 11 is 0. The van der Waals surface area contributed by atoms with Crippen LogP contribution in [-0.4, -0.2) is 31.3 Å². The van der Waals surface area contributed by atoms with Crippen molar-refractivity contribution in [2.24, 2.45) is 0 Å². The third-order valence-corrected chi connectivity index (χ3v) is 2.01. The van der Waals surface area contributed by atoms with Crippen LogP contribution in [-0.2, 0) is 4.79 Å². The van der Waals surface area contributed by atoms with Crippen LogP contribution in [0.4, 0.5) is 0 Å². The molecule has 0 aliphatic carbocycles. The monoisotopic (exact) mass is 169 g/mol. The lowest BCUT2D eigenvalue weighted by molar-refractivity contribution is -0.123. The van der Waals surface area contributed by atoms with E-state index in [1.54, 1.807) is 0 Å². The third kappa shape index (κ3) is 2.62. The fraction of sp³-hybridized carbons (Fsp3) is 0.750. The molecule has 1 saturated heterocycles. The van der Waals surface area contributed by atoms with Crippen LogP contribution >= 0.6 is 0 Å². The lowest BCUT2D eigenvalue weighted by Crippen LogP contribution is -2.46. The van der Waals surface area contributed by atoms with Crippen molar-refractivity contribution in [1.29, 1.82) is 5.41 Å². The van der Waals surface area contributed by atoms with Gasteiger partial charge in [0, 0.05) is 6.21 Å². The second-order valence-corrected chi connectivity index (χ2v) is 2.95. The zero-order chi connectivity index (χ0) is 8.81. The minimum atomic E-state index is -0.0290. The number of rotatable bonds is 3. The number of hydrogen-bond acceptors (Lipinski definition) is 3. The molecule has 0 aromatic carbocycles. The summed E-state index contributed by atoms with van der Waals surface area (Å²) in [5, 5.41) is 12.5. The Morgan fingerprint density at radius 1 is 1.67 bits per heavy atom. The van der Waals surface area contributed by atoms with Crippen molar-refractivity contribution >= 4 is 12.1 Å². The molecule has 1 rings (SSSR count). The lowest BCUT2D eigenvalue weighted by Gasteiger charge is -2.21. The van der Waals surface area contributed by atoms with Gasteiger partial charge in [-0.25, -0.2) is 0 Å². The minimum absolute atomic E-state index is 0.0261. The number of amides is 1. The van der Waals surface area contributed by atoms with Gasteiger partial charge in [-0.3, -0.25) is 4.79 Å². The van der Waals surface area contributed by atoms with Crippen LogP contribution in [0, 0.1) is 5.41 Å². The molecule has 4 heteroatoms. The molecule has 1 aliphatic heterocycles. The van der Waals surface area contributed by atoms with Gasteiger partial charge in [0.25, 0.3) is 0 Å². The molecule has 1 fully saturated rings. The average Bonchev–Trinajstić information content (AvgIpc) is 2.15. The first-order valence-electron chi connectivity index (χ1n) is 4.34. The Hall–Kier alpha value is -0.900. The number of hydrogen-bond donors (Lipinski definition) is 3. The molecule has 0 aromatic heterocycles. The molecule has 0 bridgehead atoms. The van der Waals surface area contributed by atoms with Crippen LogP contribution in [0.1, 0.15) is 19.3 Å². The van der Waals surface area contributed by atoms with Crippen LogP contribution < -0.4 is 10.6 Å². The predicted molar refractivity (Wildman–Crippen MR) is 47.4 cm³/mol. The van der Waals surface area contributed by atoms with E-state index in [1.807, 2.05) is 0 Å². The third-order valence-electron chi connectivity index (χ3n) is 2.01. The quantitative estimate of drug-likeness (QED) is 0.516. The second kappa shape index (κ2) is 4.87. The summed E-state index contributed by atoms with van der Waals surface area (Å²) in [4.78, 5) is 11.3. The van der Waals surface area contributed by atoms with Gasteiger partial charge in [0.15, 0.2) is 0 Å². The first kappa shape index (κ1) is 9.19. The highest BCUT2D eigenvalue weighted by molar-refractivity contribution is 5.83. The van der Waals surface area contributed by atoms with Crippen LogP contribution in [0.25, 0.3) is 0 Å². The van der Waals surface area contributed by atoms with E-state index in [-0.39, 0.29) is 11.9 Å². The molecule has 0 spiro atoms. The first-order valence-corrected chi connectivity index (χ1v) is 4.34. The molecular formula is C8H15N3O. The number of nitrogens with one attached hydrogen (secondary N) is 3. The van der Waals surface area contributed by atoms with E-state index in [2.05, 4.69) is 10.6 Å². The van der Waals surface area contributed by atoms with E-state index in [1.165, 1.54) is 6.21 Å². The summed E-state index contributed by atoms with van der Waals surface area (Å²) in [5.74, 6) is 0.0261. The van der Waals surface area contributed by atoms with Gasteiger partial charge in [-0.05, 0) is 19.4 Å². The zero-order valence-electron chi connectivity index (χ0n) is 7.10. The Labute approximate surface area is 72.2 Å². The highest BCUT2D eigenvalue weighted by Crippen LogP contribution is 2.06. The highest BCUT2D eigenvalue weighted by Gasteiger charge is 2.19. The molecule has 1 atom stereocenters. The summed E-state index contributed by atoms with van der Waals surface area (Å²) in [7, 11) is 0. The van der Waals surface area contributed by atoms with E-state index in [9.17, 15) is 4.79 Å². The largest absolute Gasteiger partial charge is 0.350 e. The fourth-order valence-electron chi connectivity index (χ4n) is 1.35. The summed E-state index contributed by atoms with van der Waals surface area (Å²) in [5.41, 5.74) is 0. The molecular weight excluding hydrogens is 154 g/mol. The van der Waals surface area contributed by atoms with Gasteiger partial charge >= 0.3 is 0 Å². The highest BCUT2D eigenvalue weighted by atomic mass is 16.2. The van der Waals surface area contributed by atoms with Crippen molar-refractivity contribution in [2.75, 3.05) is 13.1 Å². The number of carbonyl (C=O) groups excluding carboxylic acids is 1. The maximum atomic E-state index is 11.3. The van der Waals surface area contributed by atoms with Gasteiger partial charge in [0.2, 0.25) is 5.91 Å². The van der Waals surface area contributed by atoms with Crippen molar-refractivity contribution in [2.45, 2.75) is 25.3 Å².